The van der Waals surface area contributed by atoms with Crippen LogP contribution in [0.15, 0.2) is 33.5 Å². The molecule has 0 saturated carbocycles. The Morgan fingerprint density at radius 3 is 2.53 bits per heavy atom. The number of rotatable bonds is 6. The summed E-state index contributed by atoms with van der Waals surface area (Å²) in [4.78, 5) is 18.3. The molecular formula is C19H17ClF4N4O2. The first-order valence-corrected chi connectivity index (χ1v) is 9.43. The Bertz CT molecular complexity index is 1110. The molecule has 0 amide bonds. The molecule has 1 aromatic carbocycles. The zero-order chi connectivity index (χ0) is 22.1. The van der Waals surface area contributed by atoms with Crippen LogP contribution in [0, 0.1) is 12.7 Å². The molecule has 3 rings (SSSR count). The average Bonchev–Trinajstić information content (AvgIpc) is 3.15. The molecule has 30 heavy (non-hydrogen) atoms. The van der Waals surface area contributed by atoms with E-state index in [1.807, 2.05) is 0 Å². The first kappa shape index (κ1) is 21.9. The van der Waals surface area contributed by atoms with Crippen molar-refractivity contribution in [2.24, 2.45) is 0 Å². The maximum Gasteiger partial charge on any atom is 0.416 e. The molecule has 0 aliphatic rings. The SMILES string of the molecule is Cc1nc(-c2nnc(C(C)(CCCCl)c3ccc(C(F)(F)F)cc3F)o2)cc(=O)[nH]1. The van der Waals surface area contributed by atoms with E-state index in [9.17, 15) is 22.4 Å². The van der Waals surface area contributed by atoms with Gasteiger partial charge in [-0.3, -0.25) is 4.79 Å². The minimum absolute atomic E-state index is 0.0268. The molecule has 0 saturated heterocycles. The third-order valence-electron chi connectivity index (χ3n) is 4.68. The van der Waals surface area contributed by atoms with Crippen LogP contribution in [0.1, 0.15) is 42.6 Å². The predicted octanol–water partition coefficient (Wildman–Crippen LogP) is 4.61. The van der Waals surface area contributed by atoms with E-state index in [4.69, 9.17) is 16.0 Å². The van der Waals surface area contributed by atoms with Crippen molar-refractivity contribution in [1.29, 1.82) is 0 Å². The molecule has 1 N–H and O–H groups in total. The molecule has 0 fully saturated rings. The highest BCUT2D eigenvalue weighted by atomic mass is 35.5. The number of halogens is 5. The van der Waals surface area contributed by atoms with Crippen LogP contribution in [-0.4, -0.2) is 26.0 Å². The Kier molecular flexibility index (Phi) is 5.98. The van der Waals surface area contributed by atoms with Gasteiger partial charge in [-0.2, -0.15) is 13.2 Å². The number of hydrogen-bond acceptors (Lipinski definition) is 5. The number of benzene rings is 1. The molecule has 11 heteroatoms. The largest absolute Gasteiger partial charge is 0.418 e. The summed E-state index contributed by atoms with van der Waals surface area (Å²) in [5.41, 5.74) is -2.67. The van der Waals surface area contributed by atoms with E-state index in [0.29, 0.717) is 18.3 Å². The van der Waals surface area contributed by atoms with Gasteiger partial charge in [-0.1, -0.05) is 6.07 Å². The second kappa shape index (κ2) is 8.17. The molecule has 0 radical (unpaired) electrons. The highest BCUT2D eigenvalue weighted by Gasteiger charge is 2.39. The van der Waals surface area contributed by atoms with Gasteiger partial charge in [0.1, 0.15) is 17.3 Å². The van der Waals surface area contributed by atoms with Crippen LogP contribution in [-0.2, 0) is 11.6 Å². The smallest absolute Gasteiger partial charge is 0.416 e. The summed E-state index contributed by atoms with van der Waals surface area (Å²) in [6.07, 6.45) is -4.02. The first-order chi connectivity index (χ1) is 14.0. The van der Waals surface area contributed by atoms with Gasteiger partial charge in [0.15, 0.2) is 0 Å². The number of nitrogens with zero attached hydrogens (tertiary/aromatic N) is 3. The van der Waals surface area contributed by atoms with Crippen LogP contribution >= 0.6 is 11.6 Å². The van der Waals surface area contributed by atoms with Crippen molar-refractivity contribution in [1.82, 2.24) is 20.2 Å². The van der Waals surface area contributed by atoms with Crippen molar-refractivity contribution >= 4 is 11.6 Å². The molecule has 2 aromatic heterocycles. The van der Waals surface area contributed by atoms with E-state index in [2.05, 4.69) is 20.2 Å². The Labute approximate surface area is 173 Å². The normalized spacial score (nSPS) is 14.0. The number of alkyl halides is 4. The summed E-state index contributed by atoms with van der Waals surface area (Å²) in [6.45, 7) is 3.16. The lowest BCUT2D eigenvalue weighted by Crippen LogP contribution is -2.26. The van der Waals surface area contributed by atoms with Gasteiger partial charge in [-0.05, 0) is 38.8 Å². The van der Waals surface area contributed by atoms with Gasteiger partial charge in [0.05, 0.1) is 11.0 Å². The molecule has 2 heterocycles. The Morgan fingerprint density at radius 2 is 1.93 bits per heavy atom. The minimum atomic E-state index is -4.67. The molecule has 160 valence electrons. The summed E-state index contributed by atoms with van der Waals surface area (Å²) in [6, 6.07) is 3.47. The lowest BCUT2D eigenvalue weighted by atomic mass is 9.78. The van der Waals surface area contributed by atoms with Crippen LogP contribution in [0.4, 0.5) is 17.6 Å². The molecule has 1 atom stereocenters. The van der Waals surface area contributed by atoms with Crippen molar-refractivity contribution in [3.8, 4) is 11.6 Å². The average molecular weight is 445 g/mol. The second-order valence-electron chi connectivity index (χ2n) is 6.95. The topological polar surface area (TPSA) is 84.7 Å². The summed E-state index contributed by atoms with van der Waals surface area (Å²) in [5, 5.41) is 7.85. The van der Waals surface area contributed by atoms with Gasteiger partial charge in [0, 0.05) is 17.5 Å². The number of aryl methyl sites for hydroxylation is 1. The third kappa shape index (κ3) is 4.38. The van der Waals surface area contributed by atoms with Crippen molar-refractivity contribution < 1.29 is 22.0 Å². The van der Waals surface area contributed by atoms with E-state index in [-0.39, 0.29) is 35.3 Å². The van der Waals surface area contributed by atoms with Crippen molar-refractivity contribution in [3.63, 3.8) is 0 Å². The maximum absolute atomic E-state index is 14.7. The highest BCUT2D eigenvalue weighted by Crippen LogP contribution is 2.40. The quantitative estimate of drug-likeness (QED) is 0.443. The molecule has 0 aliphatic carbocycles. The van der Waals surface area contributed by atoms with Crippen molar-refractivity contribution in [2.75, 3.05) is 5.88 Å². The molecule has 0 bridgehead atoms. The van der Waals surface area contributed by atoms with Crippen LogP contribution in [0.2, 0.25) is 0 Å². The van der Waals surface area contributed by atoms with Crippen LogP contribution in [0.3, 0.4) is 0 Å². The number of aromatic nitrogens is 4. The Morgan fingerprint density at radius 1 is 1.20 bits per heavy atom. The molecule has 6 nitrogen and oxygen atoms in total. The molecule has 0 spiro atoms. The molecule has 1 unspecified atom stereocenters. The van der Waals surface area contributed by atoms with Gasteiger partial charge in [-0.25, -0.2) is 9.37 Å². The number of nitrogens with one attached hydrogen (secondary N) is 1. The lowest BCUT2D eigenvalue weighted by Gasteiger charge is -2.27. The maximum atomic E-state index is 14.7. The number of hydrogen-bond donors (Lipinski definition) is 1. The monoisotopic (exact) mass is 444 g/mol. The summed E-state index contributed by atoms with van der Waals surface area (Å²) in [7, 11) is 0. The summed E-state index contributed by atoms with van der Waals surface area (Å²) >= 11 is 5.79. The van der Waals surface area contributed by atoms with Gasteiger partial charge in [0.2, 0.25) is 5.89 Å². The van der Waals surface area contributed by atoms with Crippen LogP contribution in [0.5, 0.6) is 0 Å². The first-order valence-electron chi connectivity index (χ1n) is 8.90. The van der Waals surface area contributed by atoms with Gasteiger partial charge in [-0.15, -0.1) is 21.8 Å². The van der Waals surface area contributed by atoms with E-state index in [0.717, 1.165) is 12.1 Å². The second-order valence-corrected chi connectivity index (χ2v) is 7.32. The number of H-pyrrole nitrogens is 1. The van der Waals surface area contributed by atoms with Gasteiger partial charge < -0.3 is 9.40 Å². The minimum Gasteiger partial charge on any atom is -0.418 e. The molecular weight excluding hydrogens is 428 g/mol. The zero-order valence-electron chi connectivity index (χ0n) is 16.0. The Balaban J connectivity index is 2.08. The van der Waals surface area contributed by atoms with E-state index in [1.165, 1.54) is 6.07 Å². The fraction of sp³-hybridized carbons (Fsp3) is 0.368. The van der Waals surface area contributed by atoms with E-state index in [1.54, 1.807) is 13.8 Å². The van der Waals surface area contributed by atoms with E-state index >= 15 is 0 Å². The summed E-state index contributed by atoms with van der Waals surface area (Å²) in [5.74, 6) is -0.569. The Hall–Kier alpha value is -2.75. The van der Waals surface area contributed by atoms with Gasteiger partial charge in [0.25, 0.3) is 11.4 Å². The molecule has 0 aliphatic heterocycles. The predicted molar refractivity (Wildman–Crippen MR) is 101 cm³/mol. The van der Waals surface area contributed by atoms with Crippen molar-refractivity contribution in [3.05, 3.63) is 63.3 Å². The van der Waals surface area contributed by atoms with Crippen molar-refractivity contribution in [2.45, 2.75) is 38.3 Å². The fourth-order valence-corrected chi connectivity index (χ4v) is 3.29. The zero-order valence-corrected chi connectivity index (χ0v) is 16.7. The standard InChI is InChI=1S/C19H17ClF4N4O2/c1-10-25-14(9-15(29)26-10)16-27-28-17(30-16)18(2,6-3-7-20)12-5-4-11(8-13(12)21)19(22,23)24/h4-5,8-9H,3,6-7H2,1-2H3,(H,25,26,29). The van der Waals surface area contributed by atoms with Gasteiger partial charge >= 0.3 is 6.18 Å². The van der Waals surface area contributed by atoms with Crippen LogP contribution < -0.4 is 5.56 Å². The lowest BCUT2D eigenvalue weighted by molar-refractivity contribution is -0.137. The summed E-state index contributed by atoms with van der Waals surface area (Å²) < 4.78 is 59.2. The highest BCUT2D eigenvalue weighted by molar-refractivity contribution is 6.17. The van der Waals surface area contributed by atoms with Crippen LogP contribution in [0.25, 0.3) is 11.6 Å². The third-order valence-corrected chi connectivity index (χ3v) is 4.94. The molecule has 3 aromatic rings. The number of aromatic amines is 1. The fourth-order valence-electron chi connectivity index (χ4n) is 3.15. The van der Waals surface area contributed by atoms with E-state index < -0.39 is 28.5 Å².